The van der Waals surface area contributed by atoms with E-state index in [2.05, 4.69) is 184 Å². The fourth-order valence-corrected chi connectivity index (χ4v) is 6.72. The average Bonchev–Trinajstić information content (AvgIpc) is 3.05. The van der Waals surface area contributed by atoms with Gasteiger partial charge in [0.2, 0.25) is 0 Å². The molecular formula is C42H37N. The molecule has 6 aromatic carbocycles. The van der Waals surface area contributed by atoms with Crippen LogP contribution in [0.4, 0.5) is 17.1 Å². The maximum absolute atomic E-state index is 2.44. The zero-order valence-electron chi connectivity index (χ0n) is 25.4. The van der Waals surface area contributed by atoms with Crippen LogP contribution in [0.5, 0.6) is 0 Å². The molecule has 0 saturated heterocycles. The van der Waals surface area contributed by atoms with Gasteiger partial charge in [-0.25, -0.2) is 0 Å². The Bertz CT molecular complexity index is 1840. The molecule has 0 bridgehead atoms. The number of benzene rings is 6. The van der Waals surface area contributed by atoms with Gasteiger partial charge in [-0.3, -0.25) is 0 Å². The third kappa shape index (κ3) is 4.57. The number of anilines is 3. The van der Waals surface area contributed by atoms with Crippen LogP contribution in [-0.4, -0.2) is 0 Å². The topological polar surface area (TPSA) is 3.24 Å². The summed E-state index contributed by atoms with van der Waals surface area (Å²) in [6, 6.07) is 55.2. The first-order valence-corrected chi connectivity index (χ1v) is 15.2. The van der Waals surface area contributed by atoms with E-state index in [4.69, 9.17) is 0 Å². The van der Waals surface area contributed by atoms with Crippen LogP contribution in [0, 0.1) is 0 Å². The van der Waals surface area contributed by atoms with Crippen molar-refractivity contribution < 1.29 is 0 Å². The Morgan fingerprint density at radius 3 is 1.44 bits per heavy atom. The maximum Gasteiger partial charge on any atom is 0.0473 e. The third-order valence-electron chi connectivity index (χ3n) is 9.79. The molecule has 1 heteroatoms. The minimum atomic E-state index is -0.0733. The SMILES string of the molecule is CC1(C)c2ccccc2-c2ccc(N(c3ccccc3)c3cc(-c4ccccc4)cc(-c4ccccc4)c3)cc2C1(C)C. The molecule has 210 valence electrons. The number of hydrogen-bond donors (Lipinski definition) is 0. The van der Waals surface area contributed by atoms with E-state index >= 15 is 0 Å². The molecule has 0 fully saturated rings. The molecule has 1 aliphatic rings. The van der Waals surface area contributed by atoms with Crippen LogP contribution < -0.4 is 4.90 Å². The molecular weight excluding hydrogens is 518 g/mol. The van der Waals surface area contributed by atoms with E-state index in [1.165, 1.54) is 44.5 Å². The van der Waals surface area contributed by atoms with Crippen molar-refractivity contribution in [3.63, 3.8) is 0 Å². The van der Waals surface area contributed by atoms with Crippen LogP contribution in [0.3, 0.4) is 0 Å². The molecule has 0 atom stereocenters. The zero-order chi connectivity index (χ0) is 29.6. The molecule has 0 heterocycles. The fraction of sp³-hybridized carbons (Fsp3) is 0.143. The molecule has 0 saturated carbocycles. The van der Waals surface area contributed by atoms with Crippen molar-refractivity contribution in [1.82, 2.24) is 0 Å². The second-order valence-electron chi connectivity index (χ2n) is 12.7. The van der Waals surface area contributed by atoms with Crippen LogP contribution in [0.2, 0.25) is 0 Å². The van der Waals surface area contributed by atoms with Crippen molar-refractivity contribution in [3.05, 3.63) is 163 Å². The first-order chi connectivity index (χ1) is 20.8. The van der Waals surface area contributed by atoms with Gasteiger partial charge in [-0.2, -0.15) is 0 Å². The molecule has 0 radical (unpaired) electrons. The molecule has 6 aromatic rings. The first kappa shape index (κ1) is 27.0. The van der Waals surface area contributed by atoms with E-state index in [0.717, 1.165) is 17.1 Å². The molecule has 0 amide bonds. The van der Waals surface area contributed by atoms with E-state index in [-0.39, 0.29) is 10.8 Å². The summed E-state index contributed by atoms with van der Waals surface area (Å²) in [6.45, 7) is 9.60. The molecule has 0 spiro atoms. The highest BCUT2D eigenvalue weighted by molar-refractivity contribution is 5.87. The van der Waals surface area contributed by atoms with Gasteiger partial charge in [-0.15, -0.1) is 0 Å². The summed E-state index contributed by atoms with van der Waals surface area (Å²) < 4.78 is 0. The van der Waals surface area contributed by atoms with Gasteiger partial charge in [0.05, 0.1) is 0 Å². The predicted octanol–water partition coefficient (Wildman–Crippen LogP) is 11.7. The Hall–Kier alpha value is -4.88. The largest absolute Gasteiger partial charge is 0.310 e. The van der Waals surface area contributed by atoms with Crippen LogP contribution in [0.1, 0.15) is 38.8 Å². The summed E-state index contributed by atoms with van der Waals surface area (Å²) in [6.07, 6.45) is 0. The lowest BCUT2D eigenvalue weighted by Crippen LogP contribution is -2.43. The van der Waals surface area contributed by atoms with E-state index < -0.39 is 0 Å². The molecule has 0 aliphatic heterocycles. The monoisotopic (exact) mass is 555 g/mol. The number of para-hydroxylation sites is 1. The Kier molecular flexibility index (Phi) is 6.55. The summed E-state index contributed by atoms with van der Waals surface area (Å²) in [5.74, 6) is 0. The summed E-state index contributed by atoms with van der Waals surface area (Å²) in [5, 5.41) is 0. The van der Waals surface area contributed by atoms with Crippen molar-refractivity contribution in [3.8, 4) is 33.4 Å². The van der Waals surface area contributed by atoms with Gasteiger partial charge in [-0.05, 0) is 97.8 Å². The smallest absolute Gasteiger partial charge is 0.0473 e. The van der Waals surface area contributed by atoms with Crippen molar-refractivity contribution in [2.24, 2.45) is 0 Å². The van der Waals surface area contributed by atoms with Crippen molar-refractivity contribution in [2.45, 2.75) is 38.5 Å². The summed E-state index contributed by atoms with van der Waals surface area (Å²) in [7, 11) is 0. The van der Waals surface area contributed by atoms with Gasteiger partial charge >= 0.3 is 0 Å². The number of fused-ring (bicyclic) bond motifs is 3. The fourth-order valence-electron chi connectivity index (χ4n) is 6.72. The third-order valence-corrected chi connectivity index (χ3v) is 9.79. The summed E-state index contributed by atoms with van der Waals surface area (Å²) in [5.41, 5.74) is 13.6. The second-order valence-corrected chi connectivity index (χ2v) is 12.7. The average molecular weight is 556 g/mol. The number of hydrogen-bond acceptors (Lipinski definition) is 1. The highest BCUT2D eigenvalue weighted by atomic mass is 15.1. The lowest BCUT2D eigenvalue weighted by molar-refractivity contribution is 0.299. The van der Waals surface area contributed by atoms with E-state index in [1.807, 2.05) is 0 Å². The van der Waals surface area contributed by atoms with Gasteiger partial charge < -0.3 is 4.90 Å². The summed E-state index contributed by atoms with van der Waals surface area (Å²) in [4.78, 5) is 2.42. The molecule has 43 heavy (non-hydrogen) atoms. The summed E-state index contributed by atoms with van der Waals surface area (Å²) >= 11 is 0. The number of nitrogens with zero attached hydrogens (tertiary/aromatic N) is 1. The molecule has 0 aromatic heterocycles. The quantitative estimate of drug-likeness (QED) is 0.204. The Labute approximate surface area is 256 Å². The Morgan fingerprint density at radius 2 is 0.837 bits per heavy atom. The first-order valence-electron chi connectivity index (χ1n) is 15.2. The van der Waals surface area contributed by atoms with Crippen molar-refractivity contribution in [1.29, 1.82) is 0 Å². The van der Waals surface area contributed by atoms with Crippen molar-refractivity contribution >= 4 is 17.1 Å². The van der Waals surface area contributed by atoms with E-state index in [9.17, 15) is 0 Å². The molecule has 1 nitrogen and oxygen atoms in total. The molecule has 7 rings (SSSR count). The van der Waals surface area contributed by atoms with Crippen LogP contribution in [0.15, 0.2) is 152 Å². The zero-order valence-corrected chi connectivity index (χ0v) is 25.4. The van der Waals surface area contributed by atoms with E-state index in [1.54, 1.807) is 0 Å². The highest BCUT2D eigenvalue weighted by Gasteiger charge is 2.45. The van der Waals surface area contributed by atoms with Gasteiger partial charge in [0, 0.05) is 17.1 Å². The highest BCUT2D eigenvalue weighted by Crippen LogP contribution is 2.55. The van der Waals surface area contributed by atoms with Crippen LogP contribution >= 0.6 is 0 Å². The Morgan fingerprint density at radius 1 is 0.349 bits per heavy atom. The van der Waals surface area contributed by atoms with Crippen LogP contribution in [0.25, 0.3) is 33.4 Å². The Balaban J connectivity index is 1.47. The normalized spacial score (nSPS) is 14.4. The molecule has 0 N–H and O–H groups in total. The van der Waals surface area contributed by atoms with Gasteiger partial charge in [-0.1, -0.05) is 137 Å². The predicted molar refractivity (Wildman–Crippen MR) is 183 cm³/mol. The standard InChI is InChI=1S/C42H37N/c1-41(2)39-23-15-14-22-37(39)38-25-24-35(29-40(38)42(41,3)4)43(34-20-12-7-13-21-34)36-27-32(30-16-8-5-9-17-30)26-33(28-36)31-18-10-6-11-19-31/h5-29H,1-4H3. The van der Waals surface area contributed by atoms with Gasteiger partial charge in [0.25, 0.3) is 0 Å². The van der Waals surface area contributed by atoms with Gasteiger partial charge in [0.1, 0.15) is 0 Å². The minimum absolute atomic E-state index is 0.0273. The number of rotatable bonds is 5. The van der Waals surface area contributed by atoms with E-state index in [0.29, 0.717) is 0 Å². The molecule has 1 aliphatic carbocycles. The molecule has 0 unspecified atom stereocenters. The minimum Gasteiger partial charge on any atom is -0.310 e. The second kappa shape index (κ2) is 10.4. The van der Waals surface area contributed by atoms with Crippen molar-refractivity contribution in [2.75, 3.05) is 4.90 Å². The van der Waals surface area contributed by atoms with Gasteiger partial charge in [0.15, 0.2) is 0 Å². The lowest BCUT2D eigenvalue weighted by Gasteiger charge is -2.48. The maximum atomic E-state index is 2.44. The lowest BCUT2D eigenvalue weighted by atomic mass is 9.55. The van der Waals surface area contributed by atoms with Crippen LogP contribution in [-0.2, 0) is 10.8 Å².